The van der Waals surface area contributed by atoms with Crippen LogP contribution in [0.1, 0.15) is 30.6 Å². The van der Waals surface area contributed by atoms with E-state index in [1.807, 2.05) is 13.8 Å². The van der Waals surface area contributed by atoms with Crippen molar-refractivity contribution in [2.45, 2.75) is 20.3 Å². The first-order chi connectivity index (χ1) is 13.3. The monoisotopic (exact) mass is 447 g/mol. The van der Waals surface area contributed by atoms with Gasteiger partial charge in [0.1, 0.15) is 5.75 Å². The van der Waals surface area contributed by atoms with Crippen molar-refractivity contribution in [3.8, 4) is 5.75 Å². The third-order valence-electron chi connectivity index (χ3n) is 3.52. The molecule has 148 valence electrons. The lowest BCUT2D eigenvalue weighted by Crippen LogP contribution is -2.43. The summed E-state index contributed by atoms with van der Waals surface area (Å²) in [5, 5.41) is 2.77. The van der Waals surface area contributed by atoms with Crippen molar-refractivity contribution in [1.82, 2.24) is 10.9 Å². The standard InChI is InChI=1S/C20H22BrN3O4/c1-13(2)11-18(25)22-16-7-3-14(4-8-16)20(27)24-23-19(26)12-28-17-9-5-15(21)6-10-17/h3-10,13H,11-12H2,1-2H3,(H,22,25)(H,23,26)(H,24,27). The smallest absolute Gasteiger partial charge is 0.276 e. The summed E-state index contributed by atoms with van der Waals surface area (Å²) in [6, 6.07) is 13.4. The van der Waals surface area contributed by atoms with Gasteiger partial charge in [-0.3, -0.25) is 25.2 Å². The Morgan fingerprint density at radius 2 is 1.57 bits per heavy atom. The second kappa shape index (κ2) is 10.5. The molecule has 7 nitrogen and oxygen atoms in total. The van der Waals surface area contributed by atoms with Crippen molar-refractivity contribution < 1.29 is 19.1 Å². The van der Waals surface area contributed by atoms with Crippen molar-refractivity contribution >= 4 is 39.3 Å². The molecular formula is C20H22BrN3O4. The molecule has 2 aromatic carbocycles. The Bertz CT molecular complexity index is 820. The molecule has 0 aromatic heterocycles. The molecule has 0 saturated heterocycles. The van der Waals surface area contributed by atoms with Crippen LogP contribution in [0.4, 0.5) is 5.69 Å². The Balaban J connectivity index is 1.76. The second-order valence-corrected chi connectivity index (χ2v) is 7.38. The van der Waals surface area contributed by atoms with Crippen LogP contribution in [0.25, 0.3) is 0 Å². The van der Waals surface area contributed by atoms with Crippen LogP contribution in [0.3, 0.4) is 0 Å². The molecule has 0 spiro atoms. The zero-order valence-corrected chi connectivity index (χ0v) is 17.2. The molecule has 0 radical (unpaired) electrons. The first kappa shape index (κ1) is 21.4. The number of ether oxygens (including phenoxy) is 1. The van der Waals surface area contributed by atoms with Gasteiger partial charge in [0.25, 0.3) is 11.8 Å². The third-order valence-corrected chi connectivity index (χ3v) is 4.05. The van der Waals surface area contributed by atoms with Crippen LogP contribution in [0, 0.1) is 5.92 Å². The fourth-order valence-electron chi connectivity index (χ4n) is 2.20. The van der Waals surface area contributed by atoms with E-state index in [0.29, 0.717) is 23.4 Å². The molecule has 2 aromatic rings. The van der Waals surface area contributed by atoms with Gasteiger partial charge in [0.2, 0.25) is 5.91 Å². The highest BCUT2D eigenvalue weighted by Gasteiger charge is 2.09. The maximum absolute atomic E-state index is 12.1. The highest BCUT2D eigenvalue weighted by Crippen LogP contribution is 2.15. The zero-order chi connectivity index (χ0) is 20.5. The Morgan fingerprint density at radius 1 is 0.929 bits per heavy atom. The largest absolute Gasteiger partial charge is 0.484 e. The van der Waals surface area contributed by atoms with Gasteiger partial charge in [0.05, 0.1) is 0 Å². The Labute approximate surface area is 171 Å². The second-order valence-electron chi connectivity index (χ2n) is 6.47. The number of nitrogens with one attached hydrogen (secondary N) is 3. The highest BCUT2D eigenvalue weighted by atomic mass is 79.9. The van der Waals surface area contributed by atoms with E-state index in [2.05, 4.69) is 32.1 Å². The number of anilines is 1. The lowest BCUT2D eigenvalue weighted by atomic mass is 10.1. The summed E-state index contributed by atoms with van der Waals surface area (Å²) in [5.41, 5.74) is 5.55. The summed E-state index contributed by atoms with van der Waals surface area (Å²) in [6.07, 6.45) is 0.427. The van der Waals surface area contributed by atoms with Crippen molar-refractivity contribution in [2.75, 3.05) is 11.9 Å². The molecule has 0 aliphatic heterocycles. The molecule has 2 rings (SSSR count). The van der Waals surface area contributed by atoms with Crippen molar-refractivity contribution in [3.63, 3.8) is 0 Å². The molecule has 28 heavy (non-hydrogen) atoms. The fourth-order valence-corrected chi connectivity index (χ4v) is 2.47. The molecule has 8 heteroatoms. The maximum Gasteiger partial charge on any atom is 0.276 e. The van der Waals surface area contributed by atoms with Crippen molar-refractivity contribution in [2.24, 2.45) is 5.92 Å². The lowest BCUT2D eigenvalue weighted by Gasteiger charge is -2.10. The van der Waals surface area contributed by atoms with Gasteiger partial charge >= 0.3 is 0 Å². The molecule has 0 bridgehead atoms. The molecule has 0 atom stereocenters. The summed E-state index contributed by atoms with van der Waals surface area (Å²) in [4.78, 5) is 35.6. The topological polar surface area (TPSA) is 96.5 Å². The van der Waals surface area contributed by atoms with E-state index in [0.717, 1.165) is 4.47 Å². The predicted octanol–water partition coefficient (Wildman–Crippen LogP) is 3.27. The number of benzene rings is 2. The van der Waals surface area contributed by atoms with E-state index < -0.39 is 11.8 Å². The number of hydrogen-bond donors (Lipinski definition) is 3. The van der Waals surface area contributed by atoms with Crippen molar-refractivity contribution in [1.29, 1.82) is 0 Å². The van der Waals surface area contributed by atoms with E-state index >= 15 is 0 Å². The van der Waals surface area contributed by atoms with Gasteiger partial charge in [0.15, 0.2) is 6.61 Å². The Kier molecular flexibility index (Phi) is 8.01. The Morgan fingerprint density at radius 3 is 2.18 bits per heavy atom. The van der Waals surface area contributed by atoms with E-state index in [4.69, 9.17) is 4.74 Å². The molecule has 0 fully saturated rings. The van der Waals surface area contributed by atoms with Gasteiger partial charge in [-0.2, -0.15) is 0 Å². The molecule has 0 heterocycles. The van der Waals surface area contributed by atoms with Gasteiger partial charge < -0.3 is 10.1 Å². The molecule has 0 aliphatic rings. The minimum absolute atomic E-state index is 0.0785. The number of hydrazine groups is 1. The minimum atomic E-state index is -0.492. The first-order valence-electron chi connectivity index (χ1n) is 8.71. The van der Waals surface area contributed by atoms with E-state index in [1.54, 1.807) is 48.5 Å². The van der Waals surface area contributed by atoms with Crippen LogP contribution < -0.4 is 20.9 Å². The minimum Gasteiger partial charge on any atom is -0.484 e. The van der Waals surface area contributed by atoms with Gasteiger partial charge in [-0.1, -0.05) is 29.8 Å². The van der Waals surface area contributed by atoms with Gasteiger partial charge in [0, 0.05) is 22.1 Å². The van der Waals surface area contributed by atoms with Gasteiger partial charge in [-0.25, -0.2) is 0 Å². The summed E-state index contributed by atoms with van der Waals surface area (Å²) < 4.78 is 6.22. The summed E-state index contributed by atoms with van der Waals surface area (Å²) in [5.74, 6) is -0.239. The van der Waals surface area contributed by atoms with Crippen molar-refractivity contribution in [3.05, 3.63) is 58.6 Å². The van der Waals surface area contributed by atoms with Crippen LogP contribution in [0.2, 0.25) is 0 Å². The number of amides is 3. The fraction of sp³-hybridized carbons (Fsp3) is 0.250. The lowest BCUT2D eigenvalue weighted by molar-refractivity contribution is -0.123. The number of rotatable bonds is 7. The quantitative estimate of drug-likeness (QED) is 0.567. The van der Waals surface area contributed by atoms with Crippen LogP contribution >= 0.6 is 15.9 Å². The molecular weight excluding hydrogens is 426 g/mol. The zero-order valence-electron chi connectivity index (χ0n) is 15.6. The number of halogens is 1. The number of hydrogen-bond acceptors (Lipinski definition) is 4. The predicted molar refractivity (Wildman–Crippen MR) is 110 cm³/mol. The summed E-state index contributed by atoms with van der Waals surface area (Å²) in [7, 11) is 0. The van der Waals surface area contributed by atoms with Gasteiger partial charge in [-0.15, -0.1) is 0 Å². The molecule has 0 aliphatic carbocycles. The number of carbonyl (C=O) groups excluding carboxylic acids is 3. The maximum atomic E-state index is 12.1. The number of carbonyl (C=O) groups is 3. The summed E-state index contributed by atoms with van der Waals surface area (Å²) >= 11 is 3.31. The molecule has 3 N–H and O–H groups in total. The first-order valence-corrected chi connectivity index (χ1v) is 9.50. The van der Waals surface area contributed by atoms with E-state index in [1.165, 1.54) is 0 Å². The highest BCUT2D eigenvalue weighted by molar-refractivity contribution is 9.10. The average Bonchev–Trinajstić information content (AvgIpc) is 2.65. The summed E-state index contributed by atoms with van der Waals surface area (Å²) in [6.45, 7) is 3.69. The molecule has 3 amide bonds. The molecule has 0 unspecified atom stereocenters. The van der Waals surface area contributed by atoms with Crippen LogP contribution in [-0.2, 0) is 9.59 Å². The van der Waals surface area contributed by atoms with Gasteiger partial charge in [-0.05, 0) is 54.4 Å². The Hall–Kier alpha value is -2.87. The third kappa shape index (κ3) is 7.40. The normalized spacial score (nSPS) is 10.3. The van der Waals surface area contributed by atoms with E-state index in [-0.39, 0.29) is 18.4 Å². The van der Waals surface area contributed by atoms with E-state index in [9.17, 15) is 14.4 Å². The van der Waals surface area contributed by atoms with Crippen LogP contribution in [-0.4, -0.2) is 24.3 Å². The van der Waals surface area contributed by atoms with Crippen LogP contribution in [0.15, 0.2) is 53.0 Å². The average molecular weight is 448 g/mol. The van der Waals surface area contributed by atoms with Crippen LogP contribution in [0.5, 0.6) is 5.75 Å². The molecule has 0 saturated carbocycles. The SMILES string of the molecule is CC(C)CC(=O)Nc1ccc(C(=O)NNC(=O)COc2ccc(Br)cc2)cc1.